The van der Waals surface area contributed by atoms with Crippen LogP contribution in [0.5, 0.6) is 0 Å². The Bertz CT molecular complexity index is 423. The zero-order valence-electron chi connectivity index (χ0n) is 12.7. The number of hydrogen-bond donors (Lipinski definition) is 1. The number of benzene rings is 1. The van der Waals surface area contributed by atoms with Gasteiger partial charge in [0.05, 0.1) is 0 Å². The Hall–Kier alpha value is -0.180. The molecule has 0 saturated heterocycles. The zero-order valence-corrected chi connectivity index (χ0v) is 14.3. The summed E-state index contributed by atoms with van der Waals surface area (Å²) in [6.07, 6.45) is 4.11. The number of rotatable bonds is 5. The van der Waals surface area contributed by atoms with Crippen LogP contribution in [0.3, 0.4) is 0 Å². The van der Waals surface area contributed by atoms with Crippen molar-refractivity contribution in [3.63, 3.8) is 0 Å². The van der Waals surface area contributed by atoms with Crippen molar-refractivity contribution in [2.24, 2.45) is 17.8 Å². The predicted octanol–water partition coefficient (Wildman–Crippen LogP) is 5.09. The zero-order chi connectivity index (χ0) is 14.5. The molecule has 1 saturated carbocycles. The van der Waals surface area contributed by atoms with Crippen molar-refractivity contribution in [3.05, 3.63) is 29.3 Å². The van der Waals surface area contributed by atoms with Crippen molar-refractivity contribution in [1.29, 1.82) is 0 Å². The molecule has 0 bridgehead atoms. The molecule has 0 aromatic heterocycles. The molecule has 112 valence electrons. The van der Waals surface area contributed by atoms with E-state index in [0.717, 1.165) is 28.5 Å². The van der Waals surface area contributed by atoms with Crippen molar-refractivity contribution in [1.82, 2.24) is 5.32 Å². The molecule has 0 aliphatic heterocycles. The van der Waals surface area contributed by atoms with Crippen LogP contribution in [0.2, 0.25) is 5.02 Å². The smallest absolute Gasteiger partial charge is 0.0417 e. The summed E-state index contributed by atoms with van der Waals surface area (Å²) < 4.78 is 0. The van der Waals surface area contributed by atoms with Gasteiger partial charge in [-0.2, -0.15) is 0 Å². The van der Waals surface area contributed by atoms with Gasteiger partial charge in [-0.25, -0.2) is 0 Å². The molecule has 3 heteroatoms. The highest BCUT2D eigenvalue weighted by Gasteiger charge is 2.29. The highest BCUT2D eigenvalue weighted by atomic mass is 35.5. The van der Waals surface area contributed by atoms with E-state index in [1.54, 1.807) is 0 Å². The second-order valence-electron chi connectivity index (χ2n) is 6.19. The van der Waals surface area contributed by atoms with Gasteiger partial charge in [-0.3, -0.25) is 0 Å². The Morgan fingerprint density at radius 1 is 1.30 bits per heavy atom. The number of hydrogen-bond acceptors (Lipinski definition) is 2. The topological polar surface area (TPSA) is 12.0 Å². The van der Waals surface area contributed by atoms with E-state index < -0.39 is 0 Å². The molecule has 2 rings (SSSR count). The van der Waals surface area contributed by atoms with Crippen LogP contribution in [-0.2, 0) is 0 Å². The molecule has 1 aliphatic carbocycles. The lowest BCUT2D eigenvalue weighted by Gasteiger charge is -2.36. The van der Waals surface area contributed by atoms with Gasteiger partial charge in [0.1, 0.15) is 0 Å². The van der Waals surface area contributed by atoms with Gasteiger partial charge in [-0.05, 0) is 55.8 Å². The molecule has 0 amide bonds. The maximum absolute atomic E-state index is 6.05. The summed E-state index contributed by atoms with van der Waals surface area (Å²) >= 11 is 7.96. The summed E-state index contributed by atoms with van der Waals surface area (Å²) in [6, 6.07) is 8.78. The van der Waals surface area contributed by atoms with Crippen LogP contribution in [0.15, 0.2) is 29.2 Å². The molecule has 0 spiro atoms. The molecule has 1 aliphatic rings. The van der Waals surface area contributed by atoms with E-state index in [9.17, 15) is 0 Å². The van der Waals surface area contributed by atoms with E-state index in [-0.39, 0.29) is 0 Å². The second kappa shape index (κ2) is 7.72. The molecule has 0 heterocycles. The Kier molecular flexibility index (Phi) is 6.25. The minimum atomic E-state index is 0.605. The molecule has 1 aromatic carbocycles. The highest BCUT2D eigenvalue weighted by Crippen LogP contribution is 2.36. The number of thioether (sulfide) groups is 1. The van der Waals surface area contributed by atoms with Gasteiger partial charge < -0.3 is 5.32 Å². The van der Waals surface area contributed by atoms with E-state index >= 15 is 0 Å². The molecule has 4 unspecified atom stereocenters. The third kappa shape index (κ3) is 4.41. The van der Waals surface area contributed by atoms with Crippen molar-refractivity contribution >= 4 is 23.4 Å². The van der Waals surface area contributed by atoms with Crippen LogP contribution in [0.25, 0.3) is 0 Å². The lowest BCUT2D eigenvalue weighted by molar-refractivity contribution is 0.181. The lowest BCUT2D eigenvalue weighted by Crippen LogP contribution is -2.39. The molecule has 1 N–H and O–H groups in total. The first-order chi connectivity index (χ1) is 9.60. The monoisotopic (exact) mass is 311 g/mol. The van der Waals surface area contributed by atoms with Gasteiger partial charge in [0.25, 0.3) is 0 Å². The van der Waals surface area contributed by atoms with Crippen LogP contribution < -0.4 is 5.32 Å². The first kappa shape index (κ1) is 16.2. The fourth-order valence-corrected chi connectivity index (χ4v) is 4.60. The quantitative estimate of drug-likeness (QED) is 0.760. The van der Waals surface area contributed by atoms with Crippen molar-refractivity contribution in [2.45, 2.75) is 44.0 Å². The predicted molar refractivity (Wildman–Crippen MR) is 90.7 cm³/mol. The largest absolute Gasteiger partial charge is 0.316 e. The fourth-order valence-electron chi connectivity index (χ4n) is 3.15. The van der Waals surface area contributed by atoms with Crippen LogP contribution in [0.1, 0.15) is 33.1 Å². The highest BCUT2D eigenvalue weighted by molar-refractivity contribution is 7.99. The average molecular weight is 312 g/mol. The molecule has 4 atom stereocenters. The van der Waals surface area contributed by atoms with E-state index in [2.05, 4.69) is 38.3 Å². The standard InChI is InChI=1S/C17H26ClNS/c1-12-7-8-14(9-13(12)2)17(19-3)11-20-16-6-4-5-15(18)10-16/h4-6,10,12-14,17,19H,7-9,11H2,1-3H3. The summed E-state index contributed by atoms with van der Waals surface area (Å²) in [7, 11) is 2.10. The SMILES string of the molecule is CNC(CSc1cccc(Cl)c1)C1CCC(C)C(C)C1. The molecule has 1 nitrogen and oxygen atoms in total. The summed E-state index contributed by atoms with van der Waals surface area (Å²) in [6.45, 7) is 4.81. The maximum Gasteiger partial charge on any atom is 0.0417 e. The third-order valence-corrected chi connectivity index (χ3v) is 6.15. The van der Waals surface area contributed by atoms with Crippen LogP contribution in [0, 0.1) is 17.8 Å². The van der Waals surface area contributed by atoms with Gasteiger partial charge in [-0.1, -0.05) is 37.9 Å². The van der Waals surface area contributed by atoms with E-state index in [1.807, 2.05) is 23.9 Å². The van der Waals surface area contributed by atoms with Gasteiger partial charge in [0, 0.05) is 21.7 Å². The summed E-state index contributed by atoms with van der Waals surface area (Å²) in [4.78, 5) is 1.27. The van der Waals surface area contributed by atoms with Gasteiger partial charge in [0.15, 0.2) is 0 Å². The summed E-state index contributed by atoms with van der Waals surface area (Å²) in [5, 5.41) is 4.37. The lowest BCUT2D eigenvalue weighted by atomic mass is 9.73. The molecule has 0 radical (unpaired) electrons. The Morgan fingerprint density at radius 3 is 2.75 bits per heavy atom. The first-order valence-electron chi connectivity index (χ1n) is 7.65. The first-order valence-corrected chi connectivity index (χ1v) is 9.02. The normalized spacial score (nSPS) is 28.3. The fraction of sp³-hybridized carbons (Fsp3) is 0.647. The van der Waals surface area contributed by atoms with Crippen LogP contribution >= 0.6 is 23.4 Å². The van der Waals surface area contributed by atoms with Crippen molar-refractivity contribution < 1.29 is 0 Å². The second-order valence-corrected chi connectivity index (χ2v) is 7.72. The van der Waals surface area contributed by atoms with E-state index in [0.29, 0.717) is 6.04 Å². The Labute approximate surface area is 132 Å². The van der Waals surface area contributed by atoms with E-state index in [1.165, 1.54) is 24.2 Å². The van der Waals surface area contributed by atoms with Gasteiger partial charge in [-0.15, -0.1) is 11.8 Å². The van der Waals surface area contributed by atoms with Gasteiger partial charge >= 0.3 is 0 Å². The number of halogens is 1. The Balaban J connectivity index is 1.89. The minimum Gasteiger partial charge on any atom is -0.316 e. The molecular weight excluding hydrogens is 286 g/mol. The van der Waals surface area contributed by atoms with Crippen LogP contribution in [0.4, 0.5) is 0 Å². The average Bonchev–Trinajstić information content (AvgIpc) is 2.43. The summed E-state index contributed by atoms with van der Waals surface area (Å²) in [5.74, 6) is 3.70. The molecule has 20 heavy (non-hydrogen) atoms. The van der Waals surface area contributed by atoms with Crippen molar-refractivity contribution in [2.75, 3.05) is 12.8 Å². The summed E-state index contributed by atoms with van der Waals surface area (Å²) in [5.41, 5.74) is 0. The maximum atomic E-state index is 6.05. The van der Waals surface area contributed by atoms with Gasteiger partial charge in [0.2, 0.25) is 0 Å². The molecular formula is C17H26ClNS. The van der Waals surface area contributed by atoms with Crippen molar-refractivity contribution in [3.8, 4) is 0 Å². The van der Waals surface area contributed by atoms with E-state index in [4.69, 9.17) is 11.6 Å². The molecule has 1 fully saturated rings. The number of nitrogens with one attached hydrogen (secondary N) is 1. The third-order valence-electron chi connectivity index (χ3n) is 4.80. The Morgan fingerprint density at radius 2 is 2.10 bits per heavy atom. The van der Waals surface area contributed by atoms with Crippen LogP contribution in [-0.4, -0.2) is 18.8 Å². The minimum absolute atomic E-state index is 0.605. The molecule has 1 aromatic rings.